The number of hydrogen-bond acceptors (Lipinski definition) is 3. The minimum Gasteiger partial charge on any atom is -0.339 e. The van der Waals surface area contributed by atoms with Crippen LogP contribution >= 0.6 is 0 Å². The number of nitrogens with zero attached hydrogens (tertiary/aromatic N) is 3. The highest BCUT2D eigenvalue weighted by molar-refractivity contribution is 5.78. The summed E-state index contributed by atoms with van der Waals surface area (Å²) >= 11 is 0. The summed E-state index contributed by atoms with van der Waals surface area (Å²) in [6, 6.07) is 2.50. The van der Waals surface area contributed by atoms with Crippen molar-refractivity contribution in [2.75, 3.05) is 26.7 Å². The average molecular weight is 195 g/mol. The molecule has 0 atom stereocenters. The van der Waals surface area contributed by atoms with Crippen LogP contribution in [0.25, 0.3) is 0 Å². The third-order valence-electron chi connectivity index (χ3n) is 2.39. The van der Waals surface area contributed by atoms with Gasteiger partial charge in [-0.2, -0.15) is 5.26 Å². The summed E-state index contributed by atoms with van der Waals surface area (Å²) < 4.78 is 0. The molecule has 0 N–H and O–H groups in total. The van der Waals surface area contributed by atoms with E-state index in [9.17, 15) is 4.79 Å². The van der Waals surface area contributed by atoms with E-state index in [2.05, 4.69) is 0 Å². The largest absolute Gasteiger partial charge is 0.339 e. The number of nitriles is 1. The van der Waals surface area contributed by atoms with Gasteiger partial charge in [-0.05, 0) is 26.8 Å². The van der Waals surface area contributed by atoms with E-state index in [-0.39, 0.29) is 5.91 Å². The molecule has 0 aromatic heterocycles. The number of amides is 1. The molecule has 0 aromatic carbocycles. The van der Waals surface area contributed by atoms with Gasteiger partial charge < -0.3 is 4.90 Å². The zero-order valence-corrected chi connectivity index (χ0v) is 8.86. The lowest BCUT2D eigenvalue weighted by atomic mass is 10.4. The van der Waals surface area contributed by atoms with Gasteiger partial charge in [0.15, 0.2) is 0 Å². The maximum atomic E-state index is 11.7. The summed E-state index contributed by atoms with van der Waals surface area (Å²) in [5.41, 5.74) is 0. The van der Waals surface area contributed by atoms with E-state index in [4.69, 9.17) is 5.26 Å². The van der Waals surface area contributed by atoms with Crippen LogP contribution in [-0.4, -0.2) is 48.4 Å². The molecule has 1 fully saturated rings. The highest BCUT2D eigenvalue weighted by Gasteiger charge is 2.31. The van der Waals surface area contributed by atoms with Crippen LogP contribution in [0.5, 0.6) is 0 Å². The van der Waals surface area contributed by atoms with Gasteiger partial charge in [0.05, 0.1) is 19.2 Å². The summed E-state index contributed by atoms with van der Waals surface area (Å²) in [5, 5.41) is 8.45. The van der Waals surface area contributed by atoms with Crippen molar-refractivity contribution in [1.82, 2.24) is 9.80 Å². The Morgan fingerprint density at radius 1 is 1.57 bits per heavy atom. The van der Waals surface area contributed by atoms with Gasteiger partial charge in [0.1, 0.15) is 0 Å². The monoisotopic (exact) mass is 195 g/mol. The molecule has 4 nitrogen and oxygen atoms in total. The molecule has 0 heterocycles. The fraction of sp³-hybridized carbons (Fsp3) is 0.800. The predicted octanol–water partition coefficient (Wildman–Crippen LogP) is 0.453. The molecule has 78 valence electrons. The first-order valence-electron chi connectivity index (χ1n) is 5.04. The Hall–Kier alpha value is -1.08. The Kier molecular flexibility index (Phi) is 3.90. The van der Waals surface area contributed by atoms with Crippen LogP contribution in [0.1, 0.15) is 19.8 Å². The number of carbonyl (C=O) groups excluding carboxylic acids is 1. The Morgan fingerprint density at radius 2 is 2.21 bits per heavy atom. The summed E-state index contributed by atoms with van der Waals surface area (Å²) in [7, 11) is 1.79. The van der Waals surface area contributed by atoms with E-state index in [0.29, 0.717) is 19.1 Å². The van der Waals surface area contributed by atoms with Crippen molar-refractivity contribution in [2.45, 2.75) is 25.8 Å². The molecule has 0 saturated heterocycles. The van der Waals surface area contributed by atoms with Crippen molar-refractivity contribution >= 4 is 5.91 Å². The third kappa shape index (κ3) is 3.00. The molecule has 0 unspecified atom stereocenters. The van der Waals surface area contributed by atoms with Crippen molar-refractivity contribution in [3.8, 4) is 6.07 Å². The lowest BCUT2D eigenvalue weighted by molar-refractivity contribution is -0.132. The molecule has 1 saturated carbocycles. The fourth-order valence-electron chi connectivity index (χ4n) is 1.52. The minimum absolute atomic E-state index is 0.146. The average Bonchev–Trinajstić information content (AvgIpc) is 2.89. The first kappa shape index (κ1) is 11.0. The summed E-state index contributed by atoms with van der Waals surface area (Å²) in [6.07, 6.45) is 2.28. The van der Waals surface area contributed by atoms with E-state index in [1.54, 1.807) is 11.9 Å². The normalized spacial score (nSPS) is 15.3. The fourth-order valence-corrected chi connectivity index (χ4v) is 1.52. The van der Waals surface area contributed by atoms with Crippen LogP contribution in [-0.2, 0) is 4.79 Å². The smallest absolute Gasteiger partial charge is 0.237 e. The van der Waals surface area contributed by atoms with Crippen LogP contribution in [0.2, 0.25) is 0 Å². The van der Waals surface area contributed by atoms with E-state index in [1.807, 2.05) is 17.9 Å². The molecule has 1 aliphatic rings. The second kappa shape index (κ2) is 4.97. The maximum Gasteiger partial charge on any atom is 0.237 e. The summed E-state index contributed by atoms with van der Waals surface area (Å²) in [6.45, 7) is 3.45. The highest BCUT2D eigenvalue weighted by Crippen LogP contribution is 2.26. The van der Waals surface area contributed by atoms with Gasteiger partial charge in [-0.15, -0.1) is 0 Å². The van der Waals surface area contributed by atoms with Gasteiger partial charge >= 0.3 is 0 Å². The van der Waals surface area contributed by atoms with Gasteiger partial charge in [0, 0.05) is 12.6 Å². The number of carbonyl (C=O) groups is 1. The minimum atomic E-state index is 0.146. The van der Waals surface area contributed by atoms with Gasteiger partial charge in [-0.3, -0.25) is 9.69 Å². The topological polar surface area (TPSA) is 47.3 Å². The lowest BCUT2D eigenvalue weighted by Gasteiger charge is -2.22. The van der Waals surface area contributed by atoms with Crippen LogP contribution in [0.3, 0.4) is 0 Å². The third-order valence-corrected chi connectivity index (χ3v) is 2.39. The van der Waals surface area contributed by atoms with Gasteiger partial charge in [-0.25, -0.2) is 0 Å². The molecule has 0 bridgehead atoms. The number of hydrogen-bond donors (Lipinski definition) is 0. The molecule has 1 rings (SSSR count). The second-order valence-corrected chi connectivity index (χ2v) is 3.74. The molecule has 0 radical (unpaired) electrons. The zero-order valence-electron chi connectivity index (χ0n) is 8.86. The lowest BCUT2D eigenvalue weighted by Crippen LogP contribution is -2.40. The molecule has 0 aromatic rings. The first-order valence-corrected chi connectivity index (χ1v) is 5.04. The zero-order chi connectivity index (χ0) is 10.6. The molecule has 0 aliphatic heterocycles. The van der Waals surface area contributed by atoms with Crippen molar-refractivity contribution in [3.05, 3.63) is 0 Å². The van der Waals surface area contributed by atoms with Crippen molar-refractivity contribution in [3.63, 3.8) is 0 Å². The van der Waals surface area contributed by atoms with Crippen LogP contribution in [0.15, 0.2) is 0 Å². The van der Waals surface area contributed by atoms with E-state index in [1.165, 1.54) is 0 Å². The van der Waals surface area contributed by atoms with Crippen molar-refractivity contribution < 1.29 is 4.79 Å². The first-order chi connectivity index (χ1) is 6.69. The van der Waals surface area contributed by atoms with Crippen LogP contribution in [0, 0.1) is 11.3 Å². The van der Waals surface area contributed by atoms with Crippen LogP contribution in [0.4, 0.5) is 0 Å². The quantitative estimate of drug-likeness (QED) is 0.598. The van der Waals surface area contributed by atoms with Gasteiger partial charge in [-0.1, -0.05) is 0 Å². The molecule has 1 amide bonds. The number of likely N-dealkylation sites (N-methyl/N-ethyl adjacent to an activating group) is 2. The summed E-state index contributed by atoms with van der Waals surface area (Å²) in [4.78, 5) is 15.4. The van der Waals surface area contributed by atoms with E-state index >= 15 is 0 Å². The second-order valence-electron chi connectivity index (χ2n) is 3.74. The number of rotatable bonds is 5. The Morgan fingerprint density at radius 3 is 2.64 bits per heavy atom. The molecule has 0 spiro atoms. The Balaban J connectivity index is 2.35. The predicted molar refractivity (Wildman–Crippen MR) is 53.5 cm³/mol. The van der Waals surface area contributed by atoms with Gasteiger partial charge in [0.2, 0.25) is 5.91 Å². The Labute approximate surface area is 85.1 Å². The van der Waals surface area contributed by atoms with Crippen LogP contribution < -0.4 is 0 Å². The van der Waals surface area contributed by atoms with Crippen molar-refractivity contribution in [2.24, 2.45) is 0 Å². The summed E-state index contributed by atoms with van der Waals surface area (Å²) in [5.74, 6) is 0.146. The standard InChI is InChI=1S/C10H17N3O/c1-3-13(9-4-5-9)10(14)8-12(2)7-6-11/h9H,3-5,7-8H2,1-2H3. The van der Waals surface area contributed by atoms with E-state index < -0.39 is 0 Å². The molecule has 4 heteroatoms. The molecule has 14 heavy (non-hydrogen) atoms. The SMILES string of the molecule is CCN(C(=O)CN(C)CC#N)C1CC1. The molecular weight excluding hydrogens is 178 g/mol. The highest BCUT2D eigenvalue weighted by atomic mass is 16.2. The van der Waals surface area contributed by atoms with E-state index in [0.717, 1.165) is 19.4 Å². The molecular formula is C10H17N3O. The maximum absolute atomic E-state index is 11.7. The van der Waals surface area contributed by atoms with Gasteiger partial charge in [0.25, 0.3) is 0 Å². The van der Waals surface area contributed by atoms with Crippen molar-refractivity contribution in [1.29, 1.82) is 5.26 Å². The molecule has 1 aliphatic carbocycles. The Bertz CT molecular complexity index is 242.